The molecule has 1 fully saturated rings. The Balaban J connectivity index is 2.05. The van der Waals surface area contributed by atoms with Crippen molar-refractivity contribution < 1.29 is 4.79 Å². The first-order valence-corrected chi connectivity index (χ1v) is 8.84. The molecule has 0 N–H and O–H groups in total. The second kappa shape index (κ2) is 6.76. The Morgan fingerprint density at radius 1 is 1.26 bits per heavy atom. The number of amides is 1. The largest absolute Gasteiger partial charge is 0.335 e. The third-order valence-corrected chi connectivity index (χ3v) is 4.95. The number of halogens is 1. The van der Waals surface area contributed by atoms with Crippen molar-refractivity contribution >= 4 is 29.3 Å². The predicted molar refractivity (Wildman–Crippen MR) is 92.8 cm³/mol. The molecule has 120 valence electrons. The average molecular weight is 350 g/mol. The number of benzene rings is 1. The Labute approximate surface area is 143 Å². The van der Waals surface area contributed by atoms with Gasteiger partial charge in [0.2, 0.25) is 5.43 Å². The number of aryl methyl sites for hydroxylation is 1. The fraction of sp³-hybridized carbons (Fsp3) is 0.312. The molecular weight excluding hydrogens is 334 g/mol. The molecule has 0 bridgehead atoms. The molecule has 2 heterocycles. The van der Waals surface area contributed by atoms with Crippen LogP contribution in [-0.2, 0) is 0 Å². The van der Waals surface area contributed by atoms with E-state index >= 15 is 0 Å². The van der Waals surface area contributed by atoms with E-state index in [0.29, 0.717) is 29.5 Å². The maximum atomic E-state index is 12.6. The molecule has 0 atom stereocenters. The normalized spacial score (nSPS) is 14.8. The van der Waals surface area contributed by atoms with Crippen LogP contribution in [0.4, 0.5) is 0 Å². The van der Waals surface area contributed by atoms with Crippen molar-refractivity contribution in [2.75, 3.05) is 24.6 Å². The first-order valence-electron chi connectivity index (χ1n) is 7.31. The van der Waals surface area contributed by atoms with E-state index in [1.807, 2.05) is 12.1 Å². The van der Waals surface area contributed by atoms with E-state index < -0.39 is 0 Å². The van der Waals surface area contributed by atoms with Gasteiger partial charge in [-0.05, 0) is 19.1 Å². The Morgan fingerprint density at radius 3 is 2.65 bits per heavy atom. The molecule has 1 saturated heterocycles. The lowest BCUT2D eigenvalue weighted by Gasteiger charge is -2.26. The minimum absolute atomic E-state index is 0.0533. The van der Waals surface area contributed by atoms with Crippen LogP contribution in [0.3, 0.4) is 0 Å². The van der Waals surface area contributed by atoms with Crippen LogP contribution in [0, 0.1) is 6.92 Å². The fourth-order valence-corrected chi connectivity index (χ4v) is 3.60. The van der Waals surface area contributed by atoms with E-state index in [2.05, 4.69) is 5.10 Å². The number of thioether (sulfide) groups is 1. The molecule has 0 radical (unpaired) electrons. The van der Waals surface area contributed by atoms with E-state index in [9.17, 15) is 9.59 Å². The lowest BCUT2D eigenvalue weighted by molar-refractivity contribution is 0.0763. The maximum Gasteiger partial charge on any atom is 0.278 e. The van der Waals surface area contributed by atoms with Gasteiger partial charge in [0.1, 0.15) is 0 Å². The van der Waals surface area contributed by atoms with Gasteiger partial charge in [0.05, 0.1) is 10.7 Å². The molecule has 7 heteroatoms. The van der Waals surface area contributed by atoms with Crippen LogP contribution in [0.15, 0.2) is 35.1 Å². The van der Waals surface area contributed by atoms with Gasteiger partial charge in [-0.25, -0.2) is 4.68 Å². The first kappa shape index (κ1) is 16.1. The molecule has 0 aliphatic carbocycles. The summed E-state index contributed by atoms with van der Waals surface area (Å²) in [5, 5.41) is 4.81. The Morgan fingerprint density at radius 2 is 1.96 bits per heavy atom. The summed E-state index contributed by atoms with van der Waals surface area (Å²) in [7, 11) is 0. The van der Waals surface area contributed by atoms with Crippen LogP contribution in [0.5, 0.6) is 0 Å². The summed E-state index contributed by atoms with van der Waals surface area (Å²) < 4.78 is 1.55. The predicted octanol–water partition coefficient (Wildman–Crippen LogP) is 2.38. The fourth-order valence-electron chi connectivity index (χ4n) is 2.48. The second-order valence-corrected chi connectivity index (χ2v) is 6.90. The molecule has 3 rings (SSSR count). The van der Waals surface area contributed by atoms with E-state index in [1.165, 1.54) is 6.07 Å². The Bertz CT molecular complexity index is 800. The van der Waals surface area contributed by atoms with Gasteiger partial charge < -0.3 is 4.90 Å². The van der Waals surface area contributed by atoms with Crippen LogP contribution >= 0.6 is 23.4 Å². The molecule has 0 spiro atoms. The summed E-state index contributed by atoms with van der Waals surface area (Å²) in [6.07, 6.45) is 0. The van der Waals surface area contributed by atoms with E-state index in [1.54, 1.807) is 40.4 Å². The molecule has 0 saturated carbocycles. The highest BCUT2D eigenvalue weighted by atomic mass is 35.5. The summed E-state index contributed by atoms with van der Waals surface area (Å²) in [6, 6.07) is 8.64. The molecule has 1 aromatic carbocycles. The molecule has 1 aliphatic rings. The highest BCUT2D eigenvalue weighted by molar-refractivity contribution is 7.99. The van der Waals surface area contributed by atoms with Gasteiger partial charge in [-0.1, -0.05) is 23.7 Å². The zero-order valence-electron chi connectivity index (χ0n) is 12.7. The van der Waals surface area contributed by atoms with Crippen molar-refractivity contribution in [3.05, 3.63) is 57.0 Å². The molecular formula is C16H16ClN3O2S. The molecule has 1 amide bonds. The topological polar surface area (TPSA) is 55.2 Å². The molecule has 5 nitrogen and oxygen atoms in total. The van der Waals surface area contributed by atoms with Gasteiger partial charge in [-0.2, -0.15) is 16.9 Å². The molecule has 2 aromatic rings. The summed E-state index contributed by atoms with van der Waals surface area (Å²) in [5.74, 6) is 1.46. The van der Waals surface area contributed by atoms with Gasteiger partial charge in [-0.3, -0.25) is 9.59 Å². The minimum Gasteiger partial charge on any atom is -0.335 e. The zero-order chi connectivity index (χ0) is 16.4. The van der Waals surface area contributed by atoms with Crippen LogP contribution in [0.25, 0.3) is 5.69 Å². The summed E-state index contributed by atoms with van der Waals surface area (Å²) in [4.78, 5) is 26.5. The average Bonchev–Trinajstić information content (AvgIpc) is 2.56. The molecule has 1 aromatic heterocycles. The Hall–Kier alpha value is -1.79. The van der Waals surface area contributed by atoms with Crippen LogP contribution in [0.2, 0.25) is 5.02 Å². The Kier molecular flexibility index (Phi) is 4.73. The SMILES string of the molecule is Cc1cc(=O)c(C(=O)N2CCSCC2)nn1-c1ccccc1Cl. The number of rotatable bonds is 2. The van der Waals surface area contributed by atoms with E-state index in [-0.39, 0.29) is 17.0 Å². The highest BCUT2D eigenvalue weighted by Crippen LogP contribution is 2.20. The van der Waals surface area contributed by atoms with Crippen molar-refractivity contribution in [3.8, 4) is 5.69 Å². The van der Waals surface area contributed by atoms with Gasteiger partial charge >= 0.3 is 0 Å². The molecule has 23 heavy (non-hydrogen) atoms. The first-order chi connectivity index (χ1) is 11.1. The van der Waals surface area contributed by atoms with Crippen molar-refractivity contribution in [1.82, 2.24) is 14.7 Å². The molecule has 0 unspecified atom stereocenters. The zero-order valence-corrected chi connectivity index (χ0v) is 14.2. The highest BCUT2D eigenvalue weighted by Gasteiger charge is 2.23. The third-order valence-electron chi connectivity index (χ3n) is 3.69. The summed E-state index contributed by atoms with van der Waals surface area (Å²) in [5.41, 5.74) is 0.875. The van der Waals surface area contributed by atoms with Crippen LogP contribution in [0.1, 0.15) is 16.2 Å². The summed E-state index contributed by atoms with van der Waals surface area (Å²) in [6.45, 7) is 3.05. The number of para-hydroxylation sites is 1. The third kappa shape index (κ3) is 3.28. The number of hydrogen-bond acceptors (Lipinski definition) is 4. The van der Waals surface area contributed by atoms with Crippen molar-refractivity contribution in [2.45, 2.75) is 6.92 Å². The van der Waals surface area contributed by atoms with Crippen LogP contribution < -0.4 is 5.43 Å². The van der Waals surface area contributed by atoms with Gasteiger partial charge in [0.25, 0.3) is 5.91 Å². The summed E-state index contributed by atoms with van der Waals surface area (Å²) >= 11 is 8.02. The maximum absolute atomic E-state index is 12.6. The van der Waals surface area contributed by atoms with Gasteiger partial charge in [0, 0.05) is 36.4 Å². The van der Waals surface area contributed by atoms with Crippen molar-refractivity contribution in [1.29, 1.82) is 0 Å². The quantitative estimate of drug-likeness (QED) is 0.835. The minimum atomic E-state index is -0.353. The van der Waals surface area contributed by atoms with Gasteiger partial charge in [0.15, 0.2) is 5.69 Å². The number of aromatic nitrogens is 2. The number of carbonyl (C=O) groups excluding carboxylic acids is 1. The lowest BCUT2D eigenvalue weighted by Crippen LogP contribution is -2.41. The monoisotopic (exact) mass is 349 g/mol. The van der Waals surface area contributed by atoms with E-state index in [4.69, 9.17) is 11.6 Å². The second-order valence-electron chi connectivity index (χ2n) is 5.27. The van der Waals surface area contributed by atoms with Crippen molar-refractivity contribution in [2.24, 2.45) is 0 Å². The van der Waals surface area contributed by atoms with E-state index in [0.717, 1.165) is 11.5 Å². The van der Waals surface area contributed by atoms with Gasteiger partial charge in [-0.15, -0.1) is 0 Å². The standard InChI is InChI=1S/C16H16ClN3O2S/c1-11-10-14(21)15(16(22)19-6-8-23-9-7-19)18-20(11)13-5-3-2-4-12(13)17/h2-5,10H,6-9H2,1H3. The number of carbonyl (C=O) groups is 1. The van der Waals surface area contributed by atoms with Crippen LogP contribution in [-0.4, -0.2) is 45.2 Å². The number of hydrogen-bond donors (Lipinski definition) is 0. The molecule has 1 aliphatic heterocycles. The lowest BCUT2D eigenvalue weighted by atomic mass is 10.2. The smallest absolute Gasteiger partial charge is 0.278 e. The number of nitrogens with zero attached hydrogens (tertiary/aromatic N) is 3. The van der Waals surface area contributed by atoms with Crippen molar-refractivity contribution in [3.63, 3.8) is 0 Å².